The number of likely N-dealkylation sites (tertiary alicyclic amines) is 1. The van der Waals surface area contributed by atoms with Crippen LogP contribution in [0.5, 0.6) is 0 Å². The number of carbonyl (C=O) groups excluding carboxylic acids is 2. The first-order valence-corrected chi connectivity index (χ1v) is 13.4. The Kier molecular flexibility index (Phi) is 7.83. The van der Waals surface area contributed by atoms with Crippen molar-refractivity contribution in [2.75, 3.05) is 18.4 Å². The van der Waals surface area contributed by atoms with Gasteiger partial charge in [0.2, 0.25) is 5.91 Å². The minimum absolute atomic E-state index is 0.197. The molecule has 36 heavy (non-hydrogen) atoms. The molecule has 190 valence electrons. The summed E-state index contributed by atoms with van der Waals surface area (Å²) in [5.41, 5.74) is 0.781. The maximum absolute atomic E-state index is 13.8. The number of benzene rings is 2. The second-order valence-electron chi connectivity index (χ2n) is 9.86. The summed E-state index contributed by atoms with van der Waals surface area (Å²) in [6.07, 6.45) is 3.43. The molecular formula is C26H27Br2ClN4O3. The van der Waals surface area contributed by atoms with E-state index >= 15 is 0 Å². The van der Waals surface area contributed by atoms with Gasteiger partial charge in [0.05, 0.1) is 23.8 Å². The molecule has 1 aliphatic heterocycles. The first-order valence-electron chi connectivity index (χ1n) is 11.5. The monoisotopic (exact) mass is 636 g/mol. The summed E-state index contributed by atoms with van der Waals surface area (Å²) >= 11 is 13.2. The largest absolute Gasteiger partial charge is 0.444 e. The maximum Gasteiger partial charge on any atom is 0.410 e. The third-order valence-corrected chi connectivity index (χ3v) is 7.36. The predicted molar refractivity (Wildman–Crippen MR) is 147 cm³/mol. The molecule has 2 heterocycles. The van der Waals surface area contributed by atoms with Crippen molar-refractivity contribution in [3.63, 3.8) is 0 Å². The Hall–Kier alpha value is -2.36. The summed E-state index contributed by atoms with van der Waals surface area (Å²) in [7, 11) is 0. The van der Waals surface area contributed by atoms with Crippen LogP contribution in [0.1, 0.15) is 38.3 Å². The van der Waals surface area contributed by atoms with Crippen molar-refractivity contribution in [2.45, 2.75) is 44.8 Å². The molecule has 10 heteroatoms. The Morgan fingerprint density at radius 2 is 1.83 bits per heavy atom. The molecular weight excluding hydrogens is 612 g/mol. The van der Waals surface area contributed by atoms with Gasteiger partial charge < -0.3 is 15.0 Å². The molecule has 0 radical (unpaired) electrons. The first-order chi connectivity index (χ1) is 16.9. The Balaban J connectivity index is 1.55. The molecule has 1 saturated heterocycles. The third kappa shape index (κ3) is 6.12. The average molecular weight is 639 g/mol. The minimum Gasteiger partial charge on any atom is -0.444 e. The second kappa shape index (κ2) is 10.6. The van der Waals surface area contributed by atoms with E-state index in [1.54, 1.807) is 22.0 Å². The zero-order valence-electron chi connectivity index (χ0n) is 20.2. The van der Waals surface area contributed by atoms with E-state index in [1.165, 1.54) is 0 Å². The van der Waals surface area contributed by atoms with Crippen LogP contribution in [0.3, 0.4) is 0 Å². The van der Waals surface area contributed by atoms with Crippen LogP contribution >= 0.6 is 43.5 Å². The lowest BCUT2D eigenvalue weighted by Crippen LogP contribution is -2.44. The van der Waals surface area contributed by atoms with E-state index in [4.69, 9.17) is 16.3 Å². The zero-order chi connectivity index (χ0) is 26.1. The van der Waals surface area contributed by atoms with Crippen molar-refractivity contribution in [1.82, 2.24) is 14.7 Å². The lowest BCUT2D eigenvalue weighted by Gasteiger charge is -2.29. The Morgan fingerprint density at radius 3 is 2.50 bits per heavy atom. The van der Waals surface area contributed by atoms with Crippen LogP contribution in [0.2, 0.25) is 5.02 Å². The molecule has 0 saturated carbocycles. The molecule has 1 unspecified atom stereocenters. The highest BCUT2D eigenvalue weighted by Crippen LogP contribution is 2.37. The van der Waals surface area contributed by atoms with Crippen molar-refractivity contribution in [3.05, 3.63) is 80.0 Å². The highest BCUT2D eigenvalue weighted by Gasteiger charge is 2.48. The number of nitrogens with zero attached hydrogens (tertiary/aromatic N) is 3. The molecule has 3 aromatic rings. The quantitative estimate of drug-likeness (QED) is 0.341. The SMILES string of the molecule is CC(C)(C)OC(=O)N1CCC(C(=O)Nc2cnn(Cc3ccc(Br)cc3Cl)c2)(c2ccc(Br)cc2)C1. The molecule has 1 aliphatic rings. The number of hydrogen-bond donors (Lipinski definition) is 1. The van der Waals surface area contributed by atoms with Gasteiger partial charge in [-0.1, -0.05) is 61.7 Å². The van der Waals surface area contributed by atoms with Crippen LogP contribution < -0.4 is 5.32 Å². The fourth-order valence-corrected chi connectivity index (χ4v) is 5.20. The molecule has 2 aromatic carbocycles. The molecule has 0 bridgehead atoms. The number of hydrogen-bond acceptors (Lipinski definition) is 4. The lowest BCUT2D eigenvalue weighted by molar-refractivity contribution is -0.121. The van der Waals surface area contributed by atoms with Crippen LogP contribution in [-0.2, 0) is 21.5 Å². The molecule has 0 spiro atoms. The summed E-state index contributed by atoms with van der Waals surface area (Å²) < 4.78 is 9.10. The van der Waals surface area contributed by atoms with Gasteiger partial charge in [0.1, 0.15) is 5.60 Å². The number of nitrogens with one attached hydrogen (secondary N) is 1. The van der Waals surface area contributed by atoms with Gasteiger partial charge in [0, 0.05) is 33.3 Å². The molecule has 1 atom stereocenters. The van der Waals surface area contributed by atoms with Crippen molar-refractivity contribution in [1.29, 1.82) is 0 Å². The summed E-state index contributed by atoms with van der Waals surface area (Å²) in [5, 5.41) is 8.04. The highest BCUT2D eigenvalue weighted by atomic mass is 79.9. The van der Waals surface area contributed by atoms with E-state index in [0.717, 1.165) is 20.1 Å². The van der Waals surface area contributed by atoms with Crippen molar-refractivity contribution >= 4 is 61.1 Å². The number of aromatic nitrogens is 2. The summed E-state index contributed by atoms with van der Waals surface area (Å²) in [6.45, 7) is 6.59. The normalized spacial score (nSPS) is 17.8. The second-order valence-corrected chi connectivity index (χ2v) is 12.1. The Labute approximate surface area is 232 Å². The predicted octanol–water partition coefficient (Wildman–Crippen LogP) is 6.63. The molecule has 0 aliphatic carbocycles. The molecule has 1 fully saturated rings. The highest BCUT2D eigenvalue weighted by molar-refractivity contribution is 9.10. The maximum atomic E-state index is 13.8. The summed E-state index contributed by atoms with van der Waals surface area (Å²) in [5.74, 6) is -0.197. The Bertz CT molecular complexity index is 1270. The number of anilines is 1. The minimum atomic E-state index is -0.922. The fraction of sp³-hybridized carbons (Fsp3) is 0.346. The first kappa shape index (κ1) is 26.7. The van der Waals surface area contributed by atoms with Crippen LogP contribution in [0.25, 0.3) is 0 Å². The van der Waals surface area contributed by atoms with E-state index in [-0.39, 0.29) is 12.5 Å². The standard InChI is InChI=1S/C26H27Br2ClN4O3/c1-25(2,3)36-24(35)32-11-10-26(16-32,18-5-8-19(27)9-6-18)23(34)31-21-13-30-33(15-21)14-17-4-7-20(28)12-22(17)29/h4-9,12-13,15H,10-11,14,16H2,1-3H3,(H,31,34). The molecule has 4 rings (SSSR count). The zero-order valence-corrected chi connectivity index (χ0v) is 24.2. The third-order valence-electron chi connectivity index (χ3n) is 5.99. The molecule has 1 N–H and O–H groups in total. The van der Waals surface area contributed by atoms with Gasteiger partial charge >= 0.3 is 6.09 Å². The number of halogens is 3. The van der Waals surface area contributed by atoms with Gasteiger partial charge in [-0.3, -0.25) is 9.48 Å². The van der Waals surface area contributed by atoms with Crippen LogP contribution in [-0.4, -0.2) is 45.4 Å². The van der Waals surface area contributed by atoms with Gasteiger partial charge in [-0.2, -0.15) is 5.10 Å². The number of ether oxygens (including phenoxy) is 1. The van der Waals surface area contributed by atoms with Crippen molar-refractivity contribution in [3.8, 4) is 0 Å². The van der Waals surface area contributed by atoms with Crippen molar-refractivity contribution < 1.29 is 14.3 Å². The lowest BCUT2D eigenvalue weighted by atomic mass is 9.78. The molecule has 2 amide bonds. The van der Waals surface area contributed by atoms with Gasteiger partial charge in [-0.05, 0) is 62.6 Å². The summed E-state index contributed by atoms with van der Waals surface area (Å²) in [4.78, 5) is 28.2. The van der Waals surface area contributed by atoms with E-state index in [0.29, 0.717) is 30.2 Å². The van der Waals surface area contributed by atoms with E-state index in [2.05, 4.69) is 42.3 Å². The van der Waals surface area contributed by atoms with Crippen molar-refractivity contribution in [2.24, 2.45) is 0 Å². The van der Waals surface area contributed by atoms with Gasteiger partial charge in [-0.25, -0.2) is 4.79 Å². The van der Waals surface area contributed by atoms with Crippen LogP contribution in [0.4, 0.5) is 10.5 Å². The van der Waals surface area contributed by atoms with Crippen LogP contribution in [0.15, 0.2) is 63.8 Å². The van der Waals surface area contributed by atoms with Gasteiger partial charge in [0.25, 0.3) is 0 Å². The van der Waals surface area contributed by atoms with Crippen LogP contribution in [0, 0.1) is 0 Å². The number of rotatable bonds is 5. The molecule has 7 nitrogen and oxygen atoms in total. The fourth-order valence-electron chi connectivity index (χ4n) is 4.20. The smallest absolute Gasteiger partial charge is 0.410 e. The average Bonchev–Trinajstić information content (AvgIpc) is 3.43. The van der Waals surface area contributed by atoms with E-state index < -0.39 is 17.1 Å². The van der Waals surface area contributed by atoms with E-state index in [9.17, 15) is 9.59 Å². The van der Waals surface area contributed by atoms with Gasteiger partial charge in [0.15, 0.2) is 0 Å². The summed E-state index contributed by atoms with van der Waals surface area (Å²) in [6, 6.07) is 13.3. The van der Waals surface area contributed by atoms with E-state index in [1.807, 2.05) is 63.2 Å². The number of amides is 2. The number of carbonyl (C=O) groups is 2. The Morgan fingerprint density at radius 1 is 1.14 bits per heavy atom. The topological polar surface area (TPSA) is 76.5 Å². The molecule has 1 aromatic heterocycles. The van der Waals surface area contributed by atoms with Gasteiger partial charge in [-0.15, -0.1) is 0 Å².